The third kappa shape index (κ3) is 2.55. The van der Waals surface area contributed by atoms with E-state index < -0.39 is 11.7 Å². The zero-order valence-electron chi connectivity index (χ0n) is 7.18. The van der Waals surface area contributed by atoms with E-state index in [4.69, 9.17) is 0 Å². The molecule has 0 unspecified atom stereocenters. The summed E-state index contributed by atoms with van der Waals surface area (Å²) in [5.74, 6) is -0.963. The van der Waals surface area contributed by atoms with Gasteiger partial charge in [0.2, 0.25) is 0 Å². The van der Waals surface area contributed by atoms with Crippen molar-refractivity contribution in [3.63, 3.8) is 0 Å². The van der Waals surface area contributed by atoms with E-state index in [9.17, 15) is 9.18 Å². The van der Waals surface area contributed by atoms with Crippen LogP contribution in [0.25, 0.3) is 0 Å². The molecule has 0 aliphatic carbocycles. The Kier molecular flexibility index (Phi) is 3.63. The zero-order chi connectivity index (χ0) is 10.6. The van der Waals surface area contributed by atoms with Crippen LogP contribution in [0.3, 0.4) is 0 Å². The van der Waals surface area contributed by atoms with Gasteiger partial charge < -0.3 is 5.32 Å². The molecule has 14 heavy (non-hydrogen) atoms. The number of anilines is 1. The van der Waals surface area contributed by atoms with Crippen molar-refractivity contribution in [3.05, 3.63) is 46.9 Å². The van der Waals surface area contributed by atoms with Gasteiger partial charge in [-0.05, 0) is 28.1 Å². The van der Waals surface area contributed by atoms with Crippen molar-refractivity contribution in [2.75, 3.05) is 5.32 Å². The van der Waals surface area contributed by atoms with E-state index in [0.717, 1.165) is 6.08 Å². The fourth-order valence-corrected chi connectivity index (χ4v) is 1.23. The predicted molar refractivity (Wildman–Crippen MR) is 56.4 cm³/mol. The number of halogens is 2. The van der Waals surface area contributed by atoms with Crippen molar-refractivity contribution in [3.8, 4) is 0 Å². The number of carbonyl (C=O) groups excluding carboxylic acids is 1. The first-order valence-corrected chi connectivity index (χ1v) is 4.55. The molecule has 0 bridgehead atoms. The molecule has 1 aromatic rings. The quantitative estimate of drug-likeness (QED) is 0.639. The van der Waals surface area contributed by atoms with Gasteiger partial charge in [0.25, 0.3) is 5.91 Å². The SMILES string of the molecule is C=C=CC(=O)Nc1cccc(Br)c1F. The molecule has 1 N–H and O–H groups in total. The Morgan fingerprint density at radius 1 is 1.64 bits per heavy atom. The molecular weight excluding hydrogens is 249 g/mol. The Morgan fingerprint density at radius 2 is 2.36 bits per heavy atom. The summed E-state index contributed by atoms with van der Waals surface area (Å²) in [5.41, 5.74) is 2.42. The summed E-state index contributed by atoms with van der Waals surface area (Å²) in [6.07, 6.45) is 1.10. The lowest BCUT2D eigenvalue weighted by atomic mass is 10.3. The maximum atomic E-state index is 13.3. The van der Waals surface area contributed by atoms with E-state index in [0.29, 0.717) is 4.47 Å². The largest absolute Gasteiger partial charge is 0.319 e. The van der Waals surface area contributed by atoms with Crippen molar-refractivity contribution < 1.29 is 9.18 Å². The van der Waals surface area contributed by atoms with Crippen LogP contribution in [0.4, 0.5) is 10.1 Å². The van der Waals surface area contributed by atoms with E-state index in [1.54, 1.807) is 12.1 Å². The molecular formula is C10H7BrFNO. The number of nitrogens with one attached hydrogen (secondary N) is 1. The van der Waals surface area contributed by atoms with Gasteiger partial charge in [-0.1, -0.05) is 12.6 Å². The lowest BCUT2D eigenvalue weighted by Gasteiger charge is -2.03. The van der Waals surface area contributed by atoms with E-state index in [1.165, 1.54) is 6.07 Å². The maximum absolute atomic E-state index is 13.3. The minimum atomic E-state index is -0.502. The summed E-state index contributed by atoms with van der Waals surface area (Å²) in [5, 5.41) is 2.35. The maximum Gasteiger partial charge on any atom is 0.256 e. The zero-order valence-corrected chi connectivity index (χ0v) is 8.77. The molecule has 2 nitrogen and oxygen atoms in total. The number of carbonyl (C=O) groups is 1. The summed E-state index contributed by atoms with van der Waals surface area (Å²) in [7, 11) is 0. The van der Waals surface area contributed by atoms with E-state index in [1.807, 2.05) is 0 Å². The summed E-state index contributed by atoms with van der Waals surface area (Å²) in [6, 6.07) is 4.64. The second-order valence-electron chi connectivity index (χ2n) is 2.44. The van der Waals surface area contributed by atoms with Crippen molar-refractivity contribution in [1.82, 2.24) is 0 Å². The molecule has 0 aliphatic heterocycles. The van der Waals surface area contributed by atoms with Gasteiger partial charge in [0.15, 0.2) is 5.82 Å². The molecule has 0 saturated carbocycles. The van der Waals surface area contributed by atoms with Crippen LogP contribution < -0.4 is 5.32 Å². The Morgan fingerprint density at radius 3 is 3.00 bits per heavy atom. The number of hydrogen-bond acceptors (Lipinski definition) is 1. The molecule has 0 atom stereocenters. The average Bonchev–Trinajstić information content (AvgIpc) is 2.13. The van der Waals surface area contributed by atoms with Crippen LogP contribution in [-0.4, -0.2) is 5.91 Å². The number of amides is 1. The smallest absolute Gasteiger partial charge is 0.256 e. The van der Waals surface area contributed by atoms with Gasteiger partial charge in [0, 0.05) is 6.08 Å². The topological polar surface area (TPSA) is 29.1 Å². The molecule has 4 heteroatoms. The van der Waals surface area contributed by atoms with Crippen molar-refractivity contribution in [1.29, 1.82) is 0 Å². The minimum absolute atomic E-state index is 0.121. The highest BCUT2D eigenvalue weighted by Gasteiger charge is 2.06. The third-order valence-corrected chi connectivity index (χ3v) is 2.06. The minimum Gasteiger partial charge on any atom is -0.319 e. The van der Waals surface area contributed by atoms with E-state index in [2.05, 4.69) is 33.6 Å². The Labute approximate surface area is 89.3 Å². The van der Waals surface area contributed by atoms with Gasteiger partial charge in [-0.3, -0.25) is 4.79 Å². The monoisotopic (exact) mass is 255 g/mol. The Balaban J connectivity index is 2.92. The summed E-state index contributed by atoms with van der Waals surface area (Å²) in [6.45, 7) is 3.24. The fourth-order valence-electron chi connectivity index (χ4n) is 0.862. The molecule has 0 aliphatic rings. The molecule has 0 spiro atoms. The Hall–Kier alpha value is -1.38. The van der Waals surface area contributed by atoms with Crippen molar-refractivity contribution >= 4 is 27.5 Å². The second-order valence-corrected chi connectivity index (χ2v) is 3.29. The van der Waals surface area contributed by atoms with Gasteiger partial charge in [-0.2, -0.15) is 0 Å². The molecule has 0 fully saturated rings. The predicted octanol–water partition coefficient (Wildman–Crippen LogP) is 2.87. The van der Waals surface area contributed by atoms with Crippen molar-refractivity contribution in [2.45, 2.75) is 0 Å². The van der Waals surface area contributed by atoms with Gasteiger partial charge in [-0.25, -0.2) is 4.39 Å². The lowest BCUT2D eigenvalue weighted by molar-refractivity contribution is -0.111. The van der Waals surface area contributed by atoms with Gasteiger partial charge in [-0.15, -0.1) is 5.73 Å². The first-order valence-electron chi connectivity index (χ1n) is 3.76. The second kappa shape index (κ2) is 4.74. The molecule has 1 amide bonds. The fraction of sp³-hybridized carbons (Fsp3) is 0. The standard InChI is InChI=1S/C10H7BrFNO/c1-2-4-9(14)13-8-6-3-5-7(11)10(8)12/h3-6H,1H2,(H,13,14). The van der Waals surface area contributed by atoms with Gasteiger partial charge >= 0.3 is 0 Å². The highest BCUT2D eigenvalue weighted by Crippen LogP contribution is 2.22. The van der Waals surface area contributed by atoms with Crippen LogP contribution in [0, 0.1) is 5.82 Å². The first kappa shape index (κ1) is 10.7. The first-order chi connectivity index (χ1) is 6.65. The van der Waals surface area contributed by atoms with Crippen LogP contribution in [-0.2, 0) is 4.79 Å². The van der Waals surface area contributed by atoms with Crippen LogP contribution in [0.2, 0.25) is 0 Å². The van der Waals surface area contributed by atoms with Crippen LogP contribution >= 0.6 is 15.9 Å². The normalized spacial score (nSPS) is 9.00. The molecule has 1 rings (SSSR count). The van der Waals surface area contributed by atoms with Gasteiger partial charge in [0.1, 0.15) is 0 Å². The molecule has 0 saturated heterocycles. The van der Waals surface area contributed by atoms with Crippen LogP contribution in [0.1, 0.15) is 0 Å². The average molecular weight is 256 g/mol. The molecule has 0 radical (unpaired) electrons. The lowest BCUT2D eigenvalue weighted by Crippen LogP contribution is -2.08. The van der Waals surface area contributed by atoms with Crippen molar-refractivity contribution in [2.24, 2.45) is 0 Å². The van der Waals surface area contributed by atoms with Crippen LogP contribution in [0.5, 0.6) is 0 Å². The van der Waals surface area contributed by atoms with Crippen LogP contribution in [0.15, 0.2) is 41.1 Å². The third-order valence-electron chi connectivity index (χ3n) is 1.44. The molecule has 0 heterocycles. The highest BCUT2D eigenvalue weighted by molar-refractivity contribution is 9.10. The molecule has 1 aromatic carbocycles. The number of rotatable bonds is 2. The van der Waals surface area contributed by atoms with Gasteiger partial charge in [0.05, 0.1) is 10.2 Å². The number of hydrogen-bond donors (Lipinski definition) is 1. The summed E-state index contributed by atoms with van der Waals surface area (Å²) >= 11 is 3.01. The number of benzene rings is 1. The molecule has 72 valence electrons. The molecule has 0 aromatic heterocycles. The van der Waals surface area contributed by atoms with E-state index >= 15 is 0 Å². The Bertz CT molecular complexity index is 411. The summed E-state index contributed by atoms with van der Waals surface area (Å²) in [4.78, 5) is 11.0. The van der Waals surface area contributed by atoms with E-state index in [-0.39, 0.29) is 5.69 Å². The highest BCUT2D eigenvalue weighted by atomic mass is 79.9. The summed E-state index contributed by atoms with van der Waals surface area (Å²) < 4.78 is 13.6.